The lowest BCUT2D eigenvalue weighted by molar-refractivity contribution is -0.118. The summed E-state index contributed by atoms with van der Waals surface area (Å²) in [6, 6.07) is 8.80. The number of rotatable bonds is 4. The van der Waals surface area contributed by atoms with Crippen molar-refractivity contribution in [3.63, 3.8) is 0 Å². The molecule has 1 aromatic heterocycles. The molecule has 0 spiro atoms. The number of benzene rings is 1. The molecule has 2 aromatic rings. The summed E-state index contributed by atoms with van der Waals surface area (Å²) < 4.78 is 10.2. The Bertz CT molecular complexity index is 628. The average Bonchev–Trinajstić information content (AvgIpc) is 2.82. The molecule has 0 aliphatic heterocycles. The number of aromatic nitrogens is 1. The first-order valence-corrected chi connectivity index (χ1v) is 5.53. The Morgan fingerprint density at radius 2 is 2.32 bits per heavy atom. The van der Waals surface area contributed by atoms with Gasteiger partial charge in [0.2, 0.25) is 0 Å². The third-order valence-electron chi connectivity index (χ3n) is 2.23. The summed E-state index contributed by atoms with van der Waals surface area (Å²) in [6.07, 6.45) is 1.43. The van der Waals surface area contributed by atoms with Crippen molar-refractivity contribution in [3.8, 4) is 11.8 Å². The quantitative estimate of drug-likeness (QED) is 0.903. The predicted octanol–water partition coefficient (Wildman–Crippen LogP) is 1.87. The largest absolute Gasteiger partial charge is 0.482 e. The normalized spacial score (nSPS) is 9.68. The van der Waals surface area contributed by atoms with E-state index in [1.165, 1.54) is 6.26 Å². The van der Waals surface area contributed by atoms with Gasteiger partial charge in [-0.05, 0) is 19.1 Å². The zero-order chi connectivity index (χ0) is 13.7. The van der Waals surface area contributed by atoms with E-state index in [1.807, 2.05) is 6.07 Å². The highest BCUT2D eigenvalue weighted by Crippen LogP contribution is 2.16. The molecule has 1 N–H and O–H groups in total. The van der Waals surface area contributed by atoms with E-state index in [9.17, 15) is 4.79 Å². The Morgan fingerprint density at radius 3 is 3.00 bits per heavy atom. The summed E-state index contributed by atoms with van der Waals surface area (Å²) >= 11 is 0. The number of ether oxygens (including phenoxy) is 1. The number of nitrogens with one attached hydrogen (secondary N) is 1. The maximum atomic E-state index is 11.6. The molecule has 96 valence electrons. The van der Waals surface area contributed by atoms with Gasteiger partial charge in [0.1, 0.15) is 18.1 Å². The van der Waals surface area contributed by atoms with Gasteiger partial charge in [0.25, 0.3) is 5.91 Å². The van der Waals surface area contributed by atoms with Crippen LogP contribution in [0.1, 0.15) is 11.3 Å². The Morgan fingerprint density at radius 1 is 1.53 bits per heavy atom. The number of hydrogen-bond acceptors (Lipinski definition) is 5. The number of nitriles is 1. The molecule has 1 amide bonds. The zero-order valence-corrected chi connectivity index (χ0v) is 10.2. The van der Waals surface area contributed by atoms with Crippen LogP contribution < -0.4 is 10.1 Å². The lowest BCUT2D eigenvalue weighted by Crippen LogP contribution is -2.20. The van der Waals surface area contributed by atoms with E-state index in [-0.39, 0.29) is 12.6 Å². The second kappa shape index (κ2) is 5.69. The monoisotopic (exact) mass is 257 g/mol. The molecule has 1 heterocycles. The number of oxazole rings is 1. The number of carbonyl (C=O) groups excluding carboxylic acids is 1. The van der Waals surface area contributed by atoms with Crippen molar-refractivity contribution in [2.75, 3.05) is 11.9 Å². The molecule has 2 rings (SSSR count). The molecular formula is C13H11N3O3. The third kappa shape index (κ3) is 3.33. The molecule has 6 nitrogen and oxygen atoms in total. The van der Waals surface area contributed by atoms with Crippen molar-refractivity contribution in [1.29, 1.82) is 5.26 Å². The lowest BCUT2D eigenvalue weighted by Gasteiger charge is -2.06. The highest BCUT2D eigenvalue weighted by atomic mass is 16.5. The Kier molecular flexibility index (Phi) is 3.78. The SMILES string of the molecule is Cc1coc(NC(=O)COc2ccccc2C#N)n1. The topological polar surface area (TPSA) is 88.1 Å². The minimum atomic E-state index is -0.408. The van der Waals surface area contributed by atoms with Gasteiger partial charge < -0.3 is 9.15 Å². The summed E-state index contributed by atoms with van der Waals surface area (Å²) in [5.41, 5.74) is 1.05. The molecule has 6 heteroatoms. The van der Waals surface area contributed by atoms with Gasteiger partial charge in [0, 0.05) is 0 Å². The number of para-hydroxylation sites is 1. The predicted molar refractivity (Wildman–Crippen MR) is 66.5 cm³/mol. The summed E-state index contributed by atoms with van der Waals surface area (Å²) in [4.78, 5) is 15.5. The van der Waals surface area contributed by atoms with Crippen molar-refractivity contribution in [2.24, 2.45) is 0 Å². The standard InChI is InChI=1S/C13H11N3O3/c1-9-7-19-13(15-9)16-12(17)8-18-11-5-3-2-4-10(11)6-14/h2-5,7H,8H2,1H3,(H,15,16,17). The third-order valence-corrected chi connectivity index (χ3v) is 2.23. The lowest BCUT2D eigenvalue weighted by atomic mass is 10.2. The summed E-state index contributed by atoms with van der Waals surface area (Å²) in [6.45, 7) is 1.53. The number of aryl methyl sites for hydroxylation is 1. The number of nitrogens with zero attached hydrogens (tertiary/aromatic N) is 2. The van der Waals surface area contributed by atoms with Crippen LogP contribution in [0, 0.1) is 18.3 Å². The van der Waals surface area contributed by atoms with E-state index in [2.05, 4.69) is 10.3 Å². The molecule has 0 radical (unpaired) electrons. The summed E-state index contributed by atoms with van der Waals surface area (Å²) in [5, 5.41) is 11.3. The van der Waals surface area contributed by atoms with Gasteiger partial charge >= 0.3 is 6.01 Å². The number of carbonyl (C=O) groups is 1. The molecule has 0 aliphatic carbocycles. The molecule has 19 heavy (non-hydrogen) atoms. The smallest absolute Gasteiger partial charge is 0.301 e. The number of anilines is 1. The number of hydrogen-bond donors (Lipinski definition) is 1. The summed E-state index contributed by atoms with van der Waals surface area (Å²) in [5.74, 6) is -0.0432. The fourth-order valence-corrected chi connectivity index (χ4v) is 1.39. The Hall–Kier alpha value is -2.81. The maximum Gasteiger partial charge on any atom is 0.301 e. The second-order valence-corrected chi connectivity index (χ2v) is 3.74. The van der Waals surface area contributed by atoms with E-state index in [4.69, 9.17) is 14.4 Å². The van der Waals surface area contributed by atoms with E-state index in [0.717, 1.165) is 0 Å². The highest BCUT2D eigenvalue weighted by molar-refractivity contribution is 5.89. The van der Waals surface area contributed by atoms with Crippen LogP contribution in [0.25, 0.3) is 0 Å². The molecule has 0 bridgehead atoms. The Labute approximate surface area is 109 Å². The van der Waals surface area contributed by atoms with Crippen molar-refractivity contribution in [2.45, 2.75) is 6.92 Å². The van der Waals surface area contributed by atoms with Crippen LogP contribution in [0.15, 0.2) is 34.9 Å². The van der Waals surface area contributed by atoms with Crippen molar-refractivity contribution >= 4 is 11.9 Å². The Balaban J connectivity index is 1.92. The van der Waals surface area contributed by atoms with Gasteiger partial charge in [0.15, 0.2) is 6.61 Å². The second-order valence-electron chi connectivity index (χ2n) is 3.74. The van der Waals surface area contributed by atoms with E-state index < -0.39 is 5.91 Å². The highest BCUT2D eigenvalue weighted by Gasteiger charge is 2.09. The van der Waals surface area contributed by atoms with Crippen LogP contribution in [0.5, 0.6) is 5.75 Å². The molecule has 0 saturated heterocycles. The fraction of sp³-hybridized carbons (Fsp3) is 0.154. The molecule has 0 unspecified atom stereocenters. The number of amides is 1. The molecule has 0 atom stereocenters. The first-order valence-electron chi connectivity index (χ1n) is 5.53. The van der Waals surface area contributed by atoms with Crippen LogP contribution in [0.3, 0.4) is 0 Å². The van der Waals surface area contributed by atoms with Gasteiger partial charge in [-0.3, -0.25) is 10.1 Å². The van der Waals surface area contributed by atoms with Crippen LogP contribution >= 0.6 is 0 Å². The van der Waals surface area contributed by atoms with Crippen LogP contribution in [-0.4, -0.2) is 17.5 Å². The van der Waals surface area contributed by atoms with Crippen LogP contribution in [0.4, 0.5) is 6.01 Å². The average molecular weight is 257 g/mol. The van der Waals surface area contributed by atoms with Crippen LogP contribution in [0.2, 0.25) is 0 Å². The van der Waals surface area contributed by atoms with E-state index in [1.54, 1.807) is 31.2 Å². The molecule has 0 aliphatic rings. The van der Waals surface area contributed by atoms with Gasteiger partial charge in [-0.1, -0.05) is 12.1 Å². The van der Waals surface area contributed by atoms with Gasteiger partial charge in [-0.15, -0.1) is 0 Å². The maximum absolute atomic E-state index is 11.6. The summed E-state index contributed by atoms with van der Waals surface area (Å²) in [7, 11) is 0. The molecule has 0 fully saturated rings. The first-order chi connectivity index (χ1) is 9.19. The van der Waals surface area contributed by atoms with Crippen molar-refractivity contribution < 1.29 is 13.9 Å². The van der Waals surface area contributed by atoms with Crippen molar-refractivity contribution in [3.05, 3.63) is 41.8 Å². The van der Waals surface area contributed by atoms with Crippen LogP contribution in [-0.2, 0) is 4.79 Å². The van der Waals surface area contributed by atoms with Gasteiger partial charge in [0.05, 0.1) is 11.3 Å². The first kappa shape index (κ1) is 12.6. The van der Waals surface area contributed by atoms with E-state index in [0.29, 0.717) is 17.0 Å². The van der Waals surface area contributed by atoms with Gasteiger partial charge in [-0.2, -0.15) is 10.2 Å². The molecule has 0 saturated carbocycles. The fourth-order valence-electron chi connectivity index (χ4n) is 1.39. The minimum Gasteiger partial charge on any atom is -0.482 e. The minimum absolute atomic E-state index is 0.125. The molecule has 1 aromatic carbocycles. The van der Waals surface area contributed by atoms with Crippen molar-refractivity contribution in [1.82, 2.24) is 4.98 Å². The van der Waals surface area contributed by atoms with E-state index >= 15 is 0 Å². The van der Waals surface area contributed by atoms with Gasteiger partial charge in [-0.25, -0.2) is 0 Å². The molecular weight excluding hydrogens is 246 g/mol. The zero-order valence-electron chi connectivity index (χ0n) is 10.2.